The van der Waals surface area contributed by atoms with Crippen molar-refractivity contribution in [3.63, 3.8) is 0 Å². The Kier molecular flexibility index (Phi) is 8.43. The summed E-state index contributed by atoms with van der Waals surface area (Å²) in [6, 6.07) is 11.4. The topological polar surface area (TPSA) is 141 Å². The van der Waals surface area contributed by atoms with Crippen LogP contribution in [0, 0.1) is 0 Å². The molecule has 1 amide bonds. The zero-order valence-corrected chi connectivity index (χ0v) is 21.8. The summed E-state index contributed by atoms with van der Waals surface area (Å²) < 4.78 is 31.7. The molecule has 1 heterocycles. The van der Waals surface area contributed by atoms with Crippen LogP contribution in [0.1, 0.15) is 19.4 Å². The average Bonchev–Trinajstić information content (AvgIpc) is 2.75. The van der Waals surface area contributed by atoms with E-state index in [1.54, 1.807) is 47.2 Å². The smallest absolute Gasteiger partial charge is 0.355 e. The standard InChI is InChI=1S/C22H23Cl2N5O6S/c1-13(2)35-18-9-8-16(10-17(18)24)25-20-26-21(31)29(12-19(30)27-36(3,33)34)22(32)28(20)11-14-4-6-15(23)7-5-14/h4-10,13H,11-12H2,1-3H3,(H,27,30)(H,25,26,31). The molecule has 2 aromatic carbocycles. The van der Waals surface area contributed by atoms with E-state index in [4.69, 9.17) is 27.9 Å². The predicted octanol–water partition coefficient (Wildman–Crippen LogP) is 2.37. The van der Waals surface area contributed by atoms with Gasteiger partial charge in [-0.15, -0.1) is 0 Å². The molecule has 3 rings (SSSR count). The third kappa shape index (κ3) is 7.33. The molecule has 14 heteroatoms. The van der Waals surface area contributed by atoms with Gasteiger partial charge in [0.25, 0.3) is 5.91 Å². The van der Waals surface area contributed by atoms with Gasteiger partial charge < -0.3 is 10.1 Å². The molecule has 0 unspecified atom stereocenters. The number of sulfonamides is 1. The van der Waals surface area contributed by atoms with E-state index in [-0.39, 0.29) is 18.6 Å². The van der Waals surface area contributed by atoms with Gasteiger partial charge in [0.05, 0.1) is 23.9 Å². The highest BCUT2D eigenvalue weighted by Gasteiger charge is 2.18. The number of carbonyl (C=O) groups excluding carboxylic acids is 1. The summed E-state index contributed by atoms with van der Waals surface area (Å²) >= 11 is 12.2. The second kappa shape index (κ2) is 11.1. The van der Waals surface area contributed by atoms with Gasteiger partial charge in [-0.1, -0.05) is 35.3 Å². The van der Waals surface area contributed by atoms with Gasteiger partial charge in [0.2, 0.25) is 16.0 Å². The quantitative estimate of drug-likeness (QED) is 0.409. The first kappa shape index (κ1) is 27.2. The van der Waals surface area contributed by atoms with Crippen LogP contribution in [0.2, 0.25) is 10.0 Å². The number of amides is 1. The second-order valence-electron chi connectivity index (χ2n) is 8.03. The van der Waals surface area contributed by atoms with Crippen molar-refractivity contribution in [1.82, 2.24) is 18.8 Å². The maximum absolute atomic E-state index is 13.3. The molecule has 0 bridgehead atoms. The van der Waals surface area contributed by atoms with Gasteiger partial charge in [-0.2, -0.15) is 4.98 Å². The number of benzene rings is 2. The number of hydrogen-bond acceptors (Lipinski definition) is 8. The molecule has 0 atom stereocenters. The van der Waals surface area contributed by atoms with Crippen molar-refractivity contribution < 1.29 is 17.9 Å². The molecule has 2 N–H and O–H groups in total. The summed E-state index contributed by atoms with van der Waals surface area (Å²) in [6.45, 7) is 2.83. The van der Waals surface area contributed by atoms with Crippen LogP contribution in [0.3, 0.4) is 0 Å². The Labute approximate surface area is 216 Å². The van der Waals surface area contributed by atoms with E-state index in [0.29, 0.717) is 31.6 Å². The summed E-state index contributed by atoms with van der Waals surface area (Å²) in [4.78, 5) is 41.9. The Morgan fingerprint density at radius 3 is 2.33 bits per heavy atom. The lowest BCUT2D eigenvalue weighted by Crippen LogP contribution is -2.46. The van der Waals surface area contributed by atoms with Crippen molar-refractivity contribution in [3.05, 3.63) is 79.0 Å². The Hall–Kier alpha value is -3.35. The van der Waals surface area contributed by atoms with Crippen molar-refractivity contribution in [1.29, 1.82) is 0 Å². The zero-order valence-electron chi connectivity index (χ0n) is 19.5. The van der Waals surface area contributed by atoms with E-state index in [9.17, 15) is 22.8 Å². The molecule has 0 aliphatic rings. The van der Waals surface area contributed by atoms with Crippen LogP contribution in [0.4, 0.5) is 11.6 Å². The van der Waals surface area contributed by atoms with Gasteiger partial charge in [-0.3, -0.25) is 14.1 Å². The number of hydrogen-bond donors (Lipinski definition) is 2. The van der Waals surface area contributed by atoms with E-state index in [2.05, 4.69) is 10.3 Å². The van der Waals surface area contributed by atoms with Crippen LogP contribution in [0.25, 0.3) is 0 Å². The van der Waals surface area contributed by atoms with Crippen molar-refractivity contribution in [2.45, 2.75) is 33.0 Å². The molecule has 0 saturated carbocycles. The van der Waals surface area contributed by atoms with Crippen LogP contribution < -0.4 is 26.2 Å². The molecule has 36 heavy (non-hydrogen) atoms. The van der Waals surface area contributed by atoms with Crippen LogP contribution in [-0.4, -0.2) is 40.8 Å². The summed E-state index contributed by atoms with van der Waals surface area (Å²) in [6.07, 6.45) is 0.681. The van der Waals surface area contributed by atoms with Gasteiger partial charge in [0.15, 0.2) is 0 Å². The Morgan fingerprint density at radius 1 is 1.08 bits per heavy atom. The largest absolute Gasteiger partial charge is 0.489 e. The second-order valence-corrected chi connectivity index (χ2v) is 10.6. The highest BCUT2D eigenvalue weighted by Crippen LogP contribution is 2.29. The molecule has 0 radical (unpaired) electrons. The van der Waals surface area contributed by atoms with Crippen molar-refractivity contribution in [3.8, 4) is 5.75 Å². The summed E-state index contributed by atoms with van der Waals surface area (Å²) in [5.74, 6) is -0.728. The van der Waals surface area contributed by atoms with Crippen LogP contribution in [0.15, 0.2) is 52.1 Å². The third-order valence-electron chi connectivity index (χ3n) is 4.56. The number of rotatable bonds is 9. The minimum atomic E-state index is -3.89. The van der Waals surface area contributed by atoms with Gasteiger partial charge in [-0.05, 0) is 49.7 Å². The Balaban J connectivity index is 2.04. The van der Waals surface area contributed by atoms with E-state index in [1.807, 2.05) is 13.8 Å². The fourth-order valence-electron chi connectivity index (χ4n) is 3.11. The van der Waals surface area contributed by atoms with Crippen molar-refractivity contribution in [2.75, 3.05) is 11.6 Å². The predicted molar refractivity (Wildman–Crippen MR) is 137 cm³/mol. The maximum Gasteiger partial charge on any atom is 0.355 e. The number of anilines is 2. The first-order valence-corrected chi connectivity index (χ1v) is 13.2. The third-order valence-corrected chi connectivity index (χ3v) is 5.70. The van der Waals surface area contributed by atoms with E-state index >= 15 is 0 Å². The molecule has 192 valence electrons. The van der Waals surface area contributed by atoms with E-state index < -0.39 is 33.9 Å². The molecule has 11 nitrogen and oxygen atoms in total. The number of nitrogens with zero attached hydrogens (tertiary/aromatic N) is 3. The molecule has 3 aromatic rings. The molecular formula is C22H23Cl2N5O6S. The van der Waals surface area contributed by atoms with E-state index in [1.165, 1.54) is 0 Å². The fraction of sp³-hybridized carbons (Fsp3) is 0.273. The molecule has 0 saturated heterocycles. The Bertz CT molecular complexity index is 1500. The first-order chi connectivity index (χ1) is 16.8. The summed E-state index contributed by atoms with van der Waals surface area (Å²) in [7, 11) is -3.89. The normalized spacial score (nSPS) is 11.4. The monoisotopic (exact) mass is 555 g/mol. The SMILES string of the molecule is CC(C)Oc1ccc(Nc2nc(=O)n(CC(=O)NS(C)(=O)=O)c(=O)n2Cc2ccc(Cl)cc2)cc1Cl. The molecule has 0 aliphatic carbocycles. The lowest BCUT2D eigenvalue weighted by atomic mass is 10.2. The zero-order chi connectivity index (χ0) is 26.6. The van der Waals surface area contributed by atoms with Gasteiger partial charge >= 0.3 is 11.4 Å². The molecule has 0 aliphatic heterocycles. The van der Waals surface area contributed by atoms with Crippen LogP contribution in [0.5, 0.6) is 5.75 Å². The maximum atomic E-state index is 13.3. The first-order valence-electron chi connectivity index (χ1n) is 10.5. The number of carbonyl (C=O) groups is 1. The fourth-order valence-corrected chi connectivity index (χ4v) is 3.94. The molecular weight excluding hydrogens is 533 g/mol. The van der Waals surface area contributed by atoms with Gasteiger partial charge in [0.1, 0.15) is 12.3 Å². The highest BCUT2D eigenvalue weighted by molar-refractivity contribution is 7.89. The number of halogens is 2. The Morgan fingerprint density at radius 2 is 1.75 bits per heavy atom. The number of nitrogens with one attached hydrogen (secondary N) is 2. The summed E-state index contributed by atoms with van der Waals surface area (Å²) in [5, 5.41) is 3.69. The van der Waals surface area contributed by atoms with Crippen molar-refractivity contribution >= 4 is 50.8 Å². The molecule has 0 fully saturated rings. The minimum Gasteiger partial charge on any atom is -0.489 e. The number of ether oxygens (including phenoxy) is 1. The van der Waals surface area contributed by atoms with E-state index in [0.717, 1.165) is 10.8 Å². The lowest BCUT2D eigenvalue weighted by Gasteiger charge is -2.17. The average molecular weight is 556 g/mol. The number of aromatic nitrogens is 3. The van der Waals surface area contributed by atoms with Crippen LogP contribution >= 0.6 is 23.2 Å². The van der Waals surface area contributed by atoms with Gasteiger partial charge in [0, 0.05) is 10.7 Å². The lowest BCUT2D eigenvalue weighted by molar-refractivity contribution is -0.120. The molecule has 0 spiro atoms. The molecule has 1 aromatic heterocycles. The summed E-state index contributed by atoms with van der Waals surface area (Å²) in [5.41, 5.74) is -0.873. The van der Waals surface area contributed by atoms with Crippen molar-refractivity contribution in [2.24, 2.45) is 0 Å². The highest BCUT2D eigenvalue weighted by atomic mass is 35.5. The minimum absolute atomic E-state index is 0.0401. The van der Waals surface area contributed by atoms with Gasteiger partial charge in [-0.25, -0.2) is 22.6 Å². The van der Waals surface area contributed by atoms with Crippen LogP contribution in [-0.2, 0) is 27.9 Å².